The van der Waals surface area contributed by atoms with Gasteiger partial charge in [0.1, 0.15) is 17.9 Å². The van der Waals surface area contributed by atoms with Gasteiger partial charge in [0.05, 0.1) is 12.2 Å². The van der Waals surface area contributed by atoms with Crippen LogP contribution in [0.15, 0.2) is 30.6 Å². The molecular formula is C27H35ClN4O2. The largest absolute Gasteiger partial charge is 0.484 e. The fourth-order valence-corrected chi connectivity index (χ4v) is 6.64. The highest BCUT2D eigenvalue weighted by molar-refractivity contribution is 6.30. The molecule has 0 radical (unpaired) electrons. The van der Waals surface area contributed by atoms with Crippen LogP contribution in [-0.2, 0) is 17.8 Å². The zero-order valence-electron chi connectivity index (χ0n) is 20.1. The minimum absolute atomic E-state index is 0.00581. The van der Waals surface area contributed by atoms with Gasteiger partial charge >= 0.3 is 0 Å². The lowest BCUT2D eigenvalue weighted by Gasteiger charge is -2.48. The van der Waals surface area contributed by atoms with Crippen molar-refractivity contribution in [3.05, 3.63) is 46.9 Å². The second-order valence-electron chi connectivity index (χ2n) is 10.5. The number of nitrogens with one attached hydrogen (secondary N) is 1. The highest BCUT2D eigenvalue weighted by Crippen LogP contribution is 2.51. The summed E-state index contributed by atoms with van der Waals surface area (Å²) in [6, 6.07) is 7.12. The predicted octanol–water partition coefficient (Wildman–Crippen LogP) is 5.50. The zero-order valence-corrected chi connectivity index (χ0v) is 20.8. The average Bonchev–Trinajstić information content (AvgIpc) is 2.85. The first kappa shape index (κ1) is 23.4. The van der Waals surface area contributed by atoms with Gasteiger partial charge in [-0.3, -0.25) is 4.79 Å². The molecule has 2 aliphatic carbocycles. The molecule has 5 rings (SSSR count). The van der Waals surface area contributed by atoms with Crippen molar-refractivity contribution >= 4 is 23.3 Å². The molecule has 2 saturated carbocycles. The molecule has 2 heterocycles. The van der Waals surface area contributed by atoms with E-state index in [1.807, 2.05) is 11.0 Å². The molecule has 3 atom stereocenters. The van der Waals surface area contributed by atoms with Crippen LogP contribution in [0.5, 0.6) is 5.75 Å². The Bertz CT molecular complexity index is 1030. The number of hydrogen-bond acceptors (Lipinski definition) is 5. The van der Waals surface area contributed by atoms with Crippen LogP contribution in [0, 0.1) is 17.3 Å². The van der Waals surface area contributed by atoms with Gasteiger partial charge in [-0.1, -0.05) is 43.9 Å². The van der Waals surface area contributed by atoms with Crippen LogP contribution in [0.1, 0.15) is 63.1 Å². The van der Waals surface area contributed by atoms with Gasteiger partial charge in [0, 0.05) is 23.7 Å². The van der Waals surface area contributed by atoms with Gasteiger partial charge in [-0.25, -0.2) is 9.97 Å². The Morgan fingerprint density at radius 1 is 1.32 bits per heavy atom. The topological polar surface area (TPSA) is 67.4 Å². The van der Waals surface area contributed by atoms with Gasteiger partial charge in [0.15, 0.2) is 6.61 Å². The first-order valence-electron chi connectivity index (χ1n) is 12.8. The number of rotatable bonds is 7. The van der Waals surface area contributed by atoms with Crippen molar-refractivity contribution in [3.63, 3.8) is 0 Å². The molecule has 34 heavy (non-hydrogen) atoms. The fourth-order valence-electron chi connectivity index (χ4n) is 6.46. The Hall–Kier alpha value is -2.34. The lowest BCUT2D eigenvalue weighted by Crippen LogP contribution is -2.42. The smallest absolute Gasteiger partial charge is 0.260 e. The summed E-state index contributed by atoms with van der Waals surface area (Å²) in [5.74, 6) is 3.29. The van der Waals surface area contributed by atoms with Gasteiger partial charge < -0.3 is 15.0 Å². The van der Waals surface area contributed by atoms with E-state index < -0.39 is 0 Å². The fraction of sp³-hybridized carbons (Fsp3) is 0.593. The predicted molar refractivity (Wildman–Crippen MR) is 134 cm³/mol. The maximum atomic E-state index is 12.8. The average molecular weight is 483 g/mol. The molecule has 1 aromatic carbocycles. The molecule has 0 saturated heterocycles. The van der Waals surface area contributed by atoms with Gasteiger partial charge in [0.2, 0.25) is 0 Å². The van der Waals surface area contributed by atoms with Crippen LogP contribution in [0.2, 0.25) is 5.02 Å². The van der Waals surface area contributed by atoms with Crippen LogP contribution in [0.25, 0.3) is 0 Å². The van der Waals surface area contributed by atoms with Crippen LogP contribution >= 0.6 is 11.6 Å². The second-order valence-corrected chi connectivity index (χ2v) is 10.9. The molecule has 3 aliphatic rings. The summed E-state index contributed by atoms with van der Waals surface area (Å²) in [5, 5.41) is 4.33. The number of fused-ring (bicyclic) bond motifs is 3. The van der Waals surface area contributed by atoms with E-state index in [1.165, 1.54) is 44.9 Å². The zero-order chi connectivity index (χ0) is 23.5. The molecule has 6 nitrogen and oxygen atoms in total. The van der Waals surface area contributed by atoms with E-state index in [0.29, 0.717) is 29.3 Å². The van der Waals surface area contributed by atoms with E-state index in [-0.39, 0.29) is 12.5 Å². The summed E-state index contributed by atoms with van der Waals surface area (Å²) in [7, 11) is 0. The van der Waals surface area contributed by atoms with E-state index in [1.54, 1.807) is 24.5 Å². The van der Waals surface area contributed by atoms with Crippen molar-refractivity contribution in [3.8, 4) is 5.75 Å². The molecule has 3 unspecified atom stereocenters. The van der Waals surface area contributed by atoms with Crippen LogP contribution in [0.3, 0.4) is 0 Å². The third-order valence-corrected chi connectivity index (χ3v) is 8.39. The van der Waals surface area contributed by atoms with Gasteiger partial charge in [-0.2, -0.15) is 0 Å². The Morgan fingerprint density at radius 2 is 2.24 bits per heavy atom. The van der Waals surface area contributed by atoms with Gasteiger partial charge in [-0.05, 0) is 67.6 Å². The SMILES string of the molecule is CCC1CC2CCCC(CNc3ncnc4c3CCN(C(=O)COc3cccc(Cl)c3)C4)(C1)C2. The van der Waals surface area contributed by atoms with Crippen molar-refractivity contribution < 1.29 is 9.53 Å². The Labute approximate surface area is 207 Å². The Morgan fingerprint density at radius 3 is 3.09 bits per heavy atom. The molecule has 2 bridgehead atoms. The number of benzene rings is 1. The molecule has 2 fully saturated rings. The quantitative estimate of drug-likeness (QED) is 0.564. The molecule has 2 aromatic rings. The molecule has 1 amide bonds. The minimum atomic E-state index is -0.0429. The lowest BCUT2D eigenvalue weighted by molar-refractivity contribution is -0.134. The van der Waals surface area contributed by atoms with Crippen molar-refractivity contribution in [2.24, 2.45) is 17.3 Å². The molecule has 182 valence electrons. The van der Waals surface area contributed by atoms with Crippen LogP contribution in [-0.4, -0.2) is 40.5 Å². The van der Waals surface area contributed by atoms with Gasteiger partial charge in [0.25, 0.3) is 5.91 Å². The summed E-state index contributed by atoms with van der Waals surface area (Å²) in [5.41, 5.74) is 2.51. The van der Waals surface area contributed by atoms with Gasteiger partial charge in [-0.15, -0.1) is 0 Å². The lowest BCUT2D eigenvalue weighted by atomic mass is 9.58. The first-order chi connectivity index (χ1) is 16.5. The third kappa shape index (κ3) is 5.17. The number of carbonyl (C=O) groups is 1. The Kier molecular flexibility index (Phi) is 6.96. The number of carbonyl (C=O) groups excluding carboxylic acids is 1. The monoisotopic (exact) mass is 482 g/mol. The van der Waals surface area contributed by atoms with Crippen molar-refractivity contribution in [1.82, 2.24) is 14.9 Å². The number of anilines is 1. The maximum absolute atomic E-state index is 12.8. The van der Waals surface area contributed by atoms with E-state index in [0.717, 1.165) is 41.9 Å². The third-order valence-electron chi connectivity index (χ3n) is 8.16. The number of hydrogen-bond donors (Lipinski definition) is 1. The summed E-state index contributed by atoms with van der Waals surface area (Å²) in [6.45, 7) is 4.49. The first-order valence-corrected chi connectivity index (χ1v) is 13.1. The normalized spacial score (nSPS) is 26.0. The van der Waals surface area contributed by atoms with E-state index in [2.05, 4.69) is 22.2 Å². The second kappa shape index (κ2) is 10.1. The van der Waals surface area contributed by atoms with Crippen molar-refractivity contribution in [2.45, 2.75) is 64.8 Å². The molecule has 0 spiro atoms. The van der Waals surface area contributed by atoms with E-state index in [4.69, 9.17) is 16.3 Å². The molecule has 1 N–H and O–H groups in total. The number of nitrogens with zero attached hydrogens (tertiary/aromatic N) is 3. The highest BCUT2D eigenvalue weighted by Gasteiger charge is 2.42. The summed E-state index contributed by atoms with van der Waals surface area (Å²) in [6.07, 6.45) is 11.9. The Balaban J connectivity index is 1.21. The molecular weight excluding hydrogens is 448 g/mol. The summed E-state index contributed by atoms with van der Waals surface area (Å²) >= 11 is 6.00. The number of halogens is 1. The maximum Gasteiger partial charge on any atom is 0.260 e. The summed E-state index contributed by atoms with van der Waals surface area (Å²) in [4.78, 5) is 23.7. The number of aromatic nitrogens is 2. The molecule has 1 aliphatic heterocycles. The number of ether oxygens (including phenoxy) is 1. The standard InChI is InChI=1S/C27H35ClN4O2/c1-2-19-11-20-5-4-9-27(13-19,14-20)17-29-26-23-8-10-32(15-24(23)30-18-31-26)25(33)16-34-22-7-3-6-21(28)12-22/h3,6-7,12,18-20H,2,4-5,8-11,13-17H2,1H3,(H,29,30,31). The van der Waals surface area contributed by atoms with Crippen LogP contribution in [0.4, 0.5) is 5.82 Å². The van der Waals surface area contributed by atoms with E-state index in [9.17, 15) is 4.79 Å². The van der Waals surface area contributed by atoms with Crippen molar-refractivity contribution in [2.75, 3.05) is 25.0 Å². The van der Waals surface area contributed by atoms with Crippen molar-refractivity contribution in [1.29, 1.82) is 0 Å². The number of amides is 1. The minimum Gasteiger partial charge on any atom is -0.484 e. The molecule has 7 heteroatoms. The summed E-state index contributed by atoms with van der Waals surface area (Å²) < 4.78 is 5.65. The highest BCUT2D eigenvalue weighted by atomic mass is 35.5. The molecule has 1 aromatic heterocycles. The van der Waals surface area contributed by atoms with E-state index >= 15 is 0 Å². The van der Waals surface area contributed by atoms with Crippen LogP contribution < -0.4 is 10.1 Å².